The first-order chi connectivity index (χ1) is 15.1. The van der Waals surface area contributed by atoms with Crippen molar-refractivity contribution in [2.24, 2.45) is 5.10 Å². The fourth-order valence-electron chi connectivity index (χ4n) is 2.64. The van der Waals surface area contributed by atoms with E-state index in [2.05, 4.69) is 15.5 Å². The molecule has 9 heteroatoms. The molecule has 0 unspecified atom stereocenters. The first kappa shape index (κ1) is 22.6. The molecule has 3 aromatic rings. The van der Waals surface area contributed by atoms with Gasteiger partial charge in [0.2, 0.25) is 5.13 Å². The lowest BCUT2D eigenvalue weighted by atomic mass is 10.2. The summed E-state index contributed by atoms with van der Waals surface area (Å²) in [6, 6.07) is 13.8. The van der Waals surface area contributed by atoms with Gasteiger partial charge in [0, 0.05) is 20.7 Å². The molecule has 0 aliphatic rings. The Labute approximate surface area is 189 Å². The van der Waals surface area contributed by atoms with Crippen molar-refractivity contribution in [3.63, 3.8) is 0 Å². The Morgan fingerprint density at radius 1 is 1.19 bits per heavy atom. The van der Waals surface area contributed by atoms with Gasteiger partial charge in [0.05, 0.1) is 39.2 Å². The van der Waals surface area contributed by atoms with Crippen LogP contribution in [0.25, 0.3) is 0 Å². The number of hydrazone groups is 1. The Morgan fingerprint density at radius 2 is 2.00 bits per heavy atom. The van der Waals surface area contributed by atoms with Gasteiger partial charge in [-0.05, 0) is 31.2 Å². The molecule has 7 nitrogen and oxygen atoms in total. The summed E-state index contributed by atoms with van der Waals surface area (Å²) in [6.07, 6.45) is 1.90. The van der Waals surface area contributed by atoms with Crippen LogP contribution < -0.4 is 14.9 Å². The number of methoxy groups -OCH3 is 2. The van der Waals surface area contributed by atoms with Crippen LogP contribution in [0.15, 0.2) is 62.7 Å². The highest BCUT2D eigenvalue weighted by molar-refractivity contribution is 7.99. The molecule has 0 aliphatic carbocycles. The number of hydrogen-bond acceptors (Lipinski definition) is 9. The quantitative estimate of drug-likeness (QED) is 0.264. The number of esters is 1. The predicted molar refractivity (Wildman–Crippen MR) is 124 cm³/mol. The van der Waals surface area contributed by atoms with Gasteiger partial charge in [-0.1, -0.05) is 30.0 Å². The van der Waals surface area contributed by atoms with Crippen molar-refractivity contribution < 1.29 is 19.0 Å². The van der Waals surface area contributed by atoms with E-state index in [0.717, 1.165) is 15.4 Å². The van der Waals surface area contributed by atoms with Crippen molar-refractivity contribution in [3.8, 4) is 11.5 Å². The summed E-state index contributed by atoms with van der Waals surface area (Å²) in [7, 11) is 3.24. The summed E-state index contributed by atoms with van der Waals surface area (Å²) in [5, 5.41) is 6.73. The molecule has 0 radical (unpaired) electrons. The van der Waals surface area contributed by atoms with Crippen molar-refractivity contribution in [2.45, 2.75) is 23.1 Å². The molecular weight excluding hydrogens is 434 g/mol. The highest BCUT2D eigenvalue weighted by Crippen LogP contribution is 2.36. The minimum Gasteiger partial charge on any atom is -0.493 e. The van der Waals surface area contributed by atoms with Crippen LogP contribution in [-0.4, -0.2) is 38.0 Å². The molecule has 0 atom stereocenters. The van der Waals surface area contributed by atoms with Crippen molar-refractivity contribution in [3.05, 3.63) is 59.1 Å². The van der Waals surface area contributed by atoms with Crippen molar-refractivity contribution >= 4 is 40.4 Å². The summed E-state index contributed by atoms with van der Waals surface area (Å²) in [6.45, 7) is 2.14. The zero-order chi connectivity index (χ0) is 22.1. The summed E-state index contributed by atoms with van der Waals surface area (Å²) >= 11 is 2.99. The predicted octanol–water partition coefficient (Wildman–Crippen LogP) is 4.86. The van der Waals surface area contributed by atoms with E-state index >= 15 is 0 Å². The van der Waals surface area contributed by atoms with Gasteiger partial charge in [-0.15, -0.1) is 11.3 Å². The molecule has 1 aromatic heterocycles. The number of hydrogen-bond donors (Lipinski definition) is 1. The van der Waals surface area contributed by atoms with E-state index < -0.39 is 0 Å². The van der Waals surface area contributed by atoms with Gasteiger partial charge < -0.3 is 14.2 Å². The maximum atomic E-state index is 11.6. The van der Waals surface area contributed by atoms with Crippen LogP contribution in [-0.2, 0) is 16.0 Å². The molecule has 0 aliphatic heterocycles. The lowest BCUT2D eigenvalue weighted by molar-refractivity contribution is -0.142. The van der Waals surface area contributed by atoms with Gasteiger partial charge in [-0.3, -0.25) is 10.2 Å². The number of ether oxygens (including phenoxy) is 3. The highest BCUT2D eigenvalue weighted by atomic mass is 32.2. The van der Waals surface area contributed by atoms with Crippen LogP contribution in [0.4, 0.5) is 5.13 Å². The van der Waals surface area contributed by atoms with Crippen molar-refractivity contribution in [1.82, 2.24) is 4.98 Å². The second-order valence-corrected chi connectivity index (χ2v) is 8.13. The van der Waals surface area contributed by atoms with Crippen molar-refractivity contribution in [1.29, 1.82) is 0 Å². The summed E-state index contributed by atoms with van der Waals surface area (Å²) in [5.74, 6) is 1.09. The lowest BCUT2D eigenvalue weighted by Crippen LogP contribution is -2.07. The molecular formula is C22H23N3O4S2. The normalized spacial score (nSPS) is 10.8. The van der Waals surface area contributed by atoms with Gasteiger partial charge >= 0.3 is 5.97 Å². The Balaban J connectivity index is 1.66. The van der Waals surface area contributed by atoms with Crippen LogP contribution in [0.1, 0.15) is 18.2 Å². The first-order valence-electron chi connectivity index (χ1n) is 9.51. The standard InChI is InChI=1S/C22H23N3O4S2/c1-4-29-21(26)11-16-14-30-22(24-16)25-23-13-15-7-5-6-8-20(15)31-17-9-10-18(27-2)19(12-17)28-3/h5-10,12-14H,4,11H2,1-3H3,(H,24,25). The van der Waals surface area contributed by atoms with Crippen LogP contribution in [0.2, 0.25) is 0 Å². The maximum absolute atomic E-state index is 11.6. The second kappa shape index (κ2) is 11.4. The van der Waals surface area contributed by atoms with E-state index in [9.17, 15) is 4.79 Å². The fraction of sp³-hybridized carbons (Fsp3) is 0.227. The maximum Gasteiger partial charge on any atom is 0.311 e. The number of aromatic nitrogens is 1. The van der Waals surface area contributed by atoms with E-state index in [1.54, 1.807) is 39.1 Å². The SMILES string of the molecule is CCOC(=O)Cc1csc(NN=Cc2ccccc2Sc2ccc(OC)c(OC)c2)n1. The van der Waals surface area contributed by atoms with Crippen LogP contribution >= 0.6 is 23.1 Å². The van der Waals surface area contributed by atoms with E-state index in [1.807, 2.05) is 47.8 Å². The molecule has 31 heavy (non-hydrogen) atoms. The smallest absolute Gasteiger partial charge is 0.311 e. The summed E-state index contributed by atoms with van der Waals surface area (Å²) < 4.78 is 15.6. The summed E-state index contributed by atoms with van der Waals surface area (Å²) in [4.78, 5) is 18.0. The fourth-order valence-corrected chi connectivity index (χ4v) is 4.24. The number of benzene rings is 2. The Hall–Kier alpha value is -3.04. The number of anilines is 1. The molecule has 0 saturated heterocycles. The zero-order valence-corrected chi connectivity index (χ0v) is 19.1. The topological polar surface area (TPSA) is 82.0 Å². The molecule has 0 fully saturated rings. The number of nitrogens with one attached hydrogen (secondary N) is 1. The minimum absolute atomic E-state index is 0.153. The number of rotatable bonds is 10. The van der Waals surface area contributed by atoms with Gasteiger partial charge in [-0.2, -0.15) is 5.10 Å². The van der Waals surface area contributed by atoms with Gasteiger partial charge in [0.15, 0.2) is 11.5 Å². The monoisotopic (exact) mass is 457 g/mol. The van der Waals surface area contributed by atoms with E-state index in [1.165, 1.54) is 11.3 Å². The Kier molecular flexibility index (Phi) is 8.31. The zero-order valence-electron chi connectivity index (χ0n) is 17.5. The summed E-state index contributed by atoms with van der Waals surface area (Å²) in [5.41, 5.74) is 4.54. The minimum atomic E-state index is -0.288. The van der Waals surface area contributed by atoms with Crippen molar-refractivity contribution in [2.75, 3.05) is 26.3 Å². The van der Waals surface area contributed by atoms with Crippen LogP contribution in [0.5, 0.6) is 11.5 Å². The number of carbonyl (C=O) groups is 1. The molecule has 0 bridgehead atoms. The van der Waals surface area contributed by atoms with E-state index in [0.29, 0.717) is 28.9 Å². The molecule has 1 heterocycles. The molecule has 2 aromatic carbocycles. The Morgan fingerprint density at radius 3 is 2.77 bits per heavy atom. The van der Waals surface area contributed by atoms with Gasteiger partial charge in [0.25, 0.3) is 0 Å². The molecule has 3 rings (SSSR count). The Bertz CT molecular complexity index is 1050. The molecule has 0 spiro atoms. The molecule has 1 N–H and O–H groups in total. The van der Waals surface area contributed by atoms with E-state index in [-0.39, 0.29) is 12.4 Å². The highest BCUT2D eigenvalue weighted by Gasteiger charge is 2.09. The first-order valence-corrected chi connectivity index (χ1v) is 11.2. The third-order valence-electron chi connectivity index (χ3n) is 4.05. The molecule has 0 amide bonds. The molecule has 0 saturated carbocycles. The third kappa shape index (κ3) is 6.47. The molecule has 162 valence electrons. The van der Waals surface area contributed by atoms with Crippen LogP contribution in [0, 0.1) is 0 Å². The average molecular weight is 458 g/mol. The van der Waals surface area contributed by atoms with Crippen LogP contribution in [0.3, 0.4) is 0 Å². The number of thiazole rings is 1. The van der Waals surface area contributed by atoms with E-state index in [4.69, 9.17) is 14.2 Å². The number of carbonyl (C=O) groups excluding carboxylic acids is 1. The van der Waals surface area contributed by atoms with Gasteiger partial charge in [-0.25, -0.2) is 4.98 Å². The van der Waals surface area contributed by atoms with Gasteiger partial charge in [0.1, 0.15) is 0 Å². The third-order valence-corrected chi connectivity index (χ3v) is 5.93. The number of nitrogens with zero attached hydrogens (tertiary/aromatic N) is 2. The lowest BCUT2D eigenvalue weighted by Gasteiger charge is -2.10. The average Bonchev–Trinajstić information content (AvgIpc) is 3.22. The largest absolute Gasteiger partial charge is 0.493 e. The second-order valence-electron chi connectivity index (χ2n) is 6.15.